The van der Waals surface area contributed by atoms with Crippen molar-refractivity contribution in [1.29, 1.82) is 0 Å². The summed E-state index contributed by atoms with van der Waals surface area (Å²) in [6.07, 6.45) is 2.73. The number of hydrogen-bond acceptors (Lipinski definition) is 5. The lowest BCUT2D eigenvalue weighted by atomic mass is 9.78. The lowest BCUT2D eigenvalue weighted by molar-refractivity contribution is -0.286. The van der Waals surface area contributed by atoms with Gasteiger partial charge in [0, 0.05) is 5.03 Å². The van der Waals surface area contributed by atoms with Crippen LogP contribution < -0.4 is 14.8 Å². The average Bonchev–Trinajstić information content (AvgIpc) is 3.06. The Hall–Kier alpha value is -3.14. The van der Waals surface area contributed by atoms with Crippen LogP contribution in [0.2, 0.25) is 0 Å². The minimum absolute atomic E-state index is 0.0704. The van der Waals surface area contributed by atoms with E-state index >= 15 is 0 Å². The summed E-state index contributed by atoms with van der Waals surface area (Å²) in [6, 6.07) is 1.14. The van der Waals surface area contributed by atoms with E-state index in [1.165, 1.54) is 18.2 Å². The van der Waals surface area contributed by atoms with Crippen LogP contribution in [-0.2, 0) is 9.59 Å². The summed E-state index contributed by atoms with van der Waals surface area (Å²) in [7, 11) is 0. The fourth-order valence-electron chi connectivity index (χ4n) is 4.43. The molecular weight excluding hydrogens is 474 g/mol. The number of halogens is 3. The van der Waals surface area contributed by atoms with Gasteiger partial charge in [-0.15, -0.1) is 8.78 Å². The van der Waals surface area contributed by atoms with Crippen molar-refractivity contribution in [3.8, 4) is 11.5 Å². The first-order valence-corrected chi connectivity index (χ1v) is 11.2. The molecule has 0 bridgehead atoms. The number of hydrogen-bond donors (Lipinski definition) is 2. The number of carbonyl (C=O) groups is 3. The van der Waals surface area contributed by atoms with E-state index in [0.717, 1.165) is 0 Å². The molecule has 3 aliphatic rings. The highest BCUT2D eigenvalue weighted by atomic mass is 35.5. The largest absolute Gasteiger partial charge is 0.586 e. The predicted octanol–water partition coefficient (Wildman–Crippen LogP) is 4.42. The molecule has 0 saturated carbocycles. The molecule has 1 saturated heterocycles. The molecule has 1 aromatic rings. The smallest absolute Gasteiger partial charge is 0.480 e. The van der Waals surface area contributed by atoms with Gasteiger partial charge in [0.1, 0.15) is 0 Å². The third-order valence-corrected chi connectivity index (χ3v) is 6.62. The number of carbonyl (C=O) groups excluding carboxylic acids is 2. The van der Waals surface area contributed by atoms with Crippen LogP contribution in [0, 0.1) is 17.8 Å². The molecule has 2 unspecified atom stereocenters. The van der Waals surface area contributed by atoms with Gasteiger partial charge in [-0.1, -0.05) is 36.7 Å². The van der Waals surface area contributed by atoms with Crippen LogP contribution >= 0.6 is 11.6 Å². The standard InChI is InChI=1S/C23H23ClF2N2O6/c1-11-3-6-15(24)9-13(11)4-7-16-19(21(30)31)28(20(16)29)22(32)27-12(2)14-5-8-17-18(10-14)34-23(25,26)33-17/h3,5-6,8-13,16,19H,4,7H2,1-2H3,(H,27,32)(H,30,31)/t11?,12-,13?,16-,19+/m1/s1. The molecule has 1 fully saturated rings. The number of benzene rings is 1. The van der Waals surface area contributed by atoms with Gasteiger partial charge >= 0.3 is 18.3 Å². The first kappa shape index (κ1) is 24.0. The molecule has 2 heterocycles. The van der Waals surface area contributed by atoms with Gasteiger partial charge in [0.2, 0.25) is 5.91 Å². The Labute approximate surface area is 199 Å². The molecule has 1 aliphatic carbocycles. The Bertz CT molecular complexity index is 1090. The third kappa shape index (κ3) is 4.59. The molecular formula is C23H23ClF2N2O6. The van der Waals surface area contributed by atoms with Crippen molar-refractivity contribution in [2.75, 3.05) is 0 Å². The van der Waals surface area contributed by atoms with Crippen molar-refractivity contribution in [2.24, 2.45) is 17.8 Å². The van der Waals surface area contributed by atoms with E-state index in [0.29, 0.717) is 28.3 Å². The quantitative estimate of drug-likeness (QED) is 0.565. The number of carboxylic acid groups (broad SMARTS) is 1. The van der Waals surface area contributed by atoms with E-state index in [9.17, 15) is 28.3 Å². The highest BCUT2D eigenvalue weighted by molar-refractivity contribution is 6.31. The molecule has 0 spiro atoms. The van der Waals surface area contributed by atoms with E-state index < -0.39 is 42.2 Å². The molecule has 0 radical (unpaired) electrons. The topological polar surface area (TPSA) is 105 Å². The van der Waals surface area contributed by atoms with Crippen LogP contribution in [0.3, 0.4) is 0 Å². The molecule has 34 heavy (non-hydrogen) atoms. The van der Waals surface area contributed by atoms with Crippen LogP contribution in [0.15, 0.2) is 41.5 Å². The molecule has 0 aromatic heterocycles. The minimum Gasteiger partial charge on any atom is -0.480 e. The van der Waals surface area contributed by atoms with Crippen LogP contribution in [0.4, 0.5) is 13.6 Å². The zero-order valence-corrected chi connectivity index (χ0v) is 19.1. The highest BCUT2D eigenvalue weighted by Crippen LogP contribution is 2.42. The Morgan fingerprint density at radius 1 is 1.26 bits per heavy atom. The number of nitrogens with one attached hydrogen (secondary N) is 1. The molecule has 182 valence electrons. The normalized spacial score (nSPS) is 27.6. The summed E-state index contributed by atoms with van der Waals surface area (Å²) in [4.78, 5) is 38.0. The predicted molar refractivity (Wildman–Crippen MR) is 116 cm³/mol. The van der Waals surface area contributed by atoms with Crippen molar-refractivity contribution < 1.29 is 37.7 Å². The minimum atomic E-state index is -3.77. The zero-order valence-electron chi connectivity index (χ0n) is 18.3. The molecule has 3 amide bonds. The Morgan fingerprint density at radius 2 is 1.97 bits per heavy atom. The third-order valence-electron chi connectivity index (χ3n) is 6.37. The molecule has 2 aliphatic heterocycles. The number of β-lactam (4-membered cyclic amide) rings is 1. The van der Waals surface area contributed by atoms with Gasteiger partial charge in [0.25, 0.3) is 0 Å². The van der Waals surface area contributed by atoms with Crippen LogP contribution in [0.5, 0.6) is 11.5 Å². The van der Waals surface area contributed by atoms with E-state index in [1.807, 2.05) is 19.1 Å². The maximum Gasteiger partial charge on any atom is 0.586 e. The summed E-state index contributed by atoms with van der Waals surface area (Å²) < 4.78 is 35.2. The van der Waals surface area contributed by atoms with Crippen molar-refractivity contribution >= 4 is 29.5 Å². The van der Waals surface area contributed by atoms with Crippen molar-refractivity contribution in [2.45, 2.75) is 45.1 Å². The van der Waals surface area contributed by atoms with Gasteiger partial charge in [0.15, 0.2) is 17.5 Å². The number of fused-ring (bicyclic) bond motifs is 1. The second kappa shape index (κ2) is 8.90. The second-order valence-corrected chi connectivity index (χ2v) is 9.09. The number of allylic oxidation sites excluding steroid dienone is 4. The summed E-state index contributed by atoms with van der Waals surface area (Å²) in [6.45, 7) is 3.58. The van der Waals surface area contributed by atoms with Gasteiger partial charge < -0.3 is 19.9 Å². The lowest BCUT2D eigenvalue weighted by Crippen LogP contribution is -2.68. The first-order valence-electron chi connectivity index (χ1n) is 10.8. The fraction of sp³-hybridized carbons (Fsp3) is 0.435. The second-order valence-electron chi connectivity index (χ2n) is 8.65. The molecule has 11 heteroatoms. The van der Waals surface area contributed by atoms with Crippen molar-refractivity contribution in [3.05, 3.63) is 47.0 Å². The number of nitrogens with zero attached hydrogens (tertiary/aromatic N) is 1. The van der Waals surface area contributed by atoms with E-state index in [2.05, 4.69) is 14.8 Å². The average molecular weight is 497 g/mol. The summed E-state index contributed by atoms with van der Waals surface area (Å²) in [5, 5.41) is 12.8. The van der Waals surface area contributed by atoms with E-state index in [4.69, 9.17) is 11.6 Å². The lowest BCUT2D eigenvalue weighted by Gasteiger charge is -2.43. The number of aliphatic carboxylic acids is 1. The van der Waals surface area contributed by atoms with Gasteiger partial charge in [-0.05, 0) is 55.4 Å². The number of ether oxygens (including phenoxy) is 2. The van der Waals surface area contributed by atoms with Crippen LogP contribution in [0.1, 0.15) is 38.3 Å². The number of alkyl halides is 2. The first-order chi connectivity index (χ1) is 16.0. The zero-order chi connectivity index (χ0) is 24.8. The van der Waals surface area contributed by atoms with Crippen LogP contribution in [0.25, 0.3) is 0 Å². The monoisotopic (exact) mass is 496 g/mol. The number of urea groups is 1. The molecule has 4 rings (SSSR count). The Morgan fingerprint density at radius 3 is 2.68 bits per heavy atom. The maximum absolute atomic E-state index is 13.2. The molecule has 8 nitrogen and oxygen atoms in total. The van der Waals surface area contributed by atoms with Crippen molar-refractivity contribution in [1.82, 2.24) is 10.2 Å². The Balaban J connectivity index is 1.39. The number of carboxylic acids is 1. The van der Waals surface area contributed by atoms with Gasteiger partial charge in [-0.2, -0.15) is 0 Å². The van der Waals surface area contributed by atoms with E-state index in [-0.39, 0.29) is 23.3 Å². The molecule has 1 aromatic carbocycles. The molecule has 5 atom stereocenters. The number of imide groups is 1. The number of rotatable bonds is 6. The van der Waals surface area contributed by atoms with Gasteiger partial charge in [0.05, 0.1) is 12.0 Å². The van der Waals surface area contributed by atoms with Crippen LogP contribution in [-0.4, -0.2) is 40.3 Å². The Kier molecular flexibility index (Phi) is 6.28. The SMILES string of the molecule is CC1C=CC(Cl)=CC1CC[C@H]1C(=O)N(C(=O)N[C@H](C)c2ccc3c(c2)OC(F)(F)O3)[C@@H]1C(=O)O. The maximum atomic E-state index is 13.2. The van der Waals surface area contributed by atoms with Gasteiger partial charge in [-0.25, -0.2) is 14.5 Å². The van der Waals surface area contributed by atoms with Gasteiger partial charge in [-0.3, -0.25) is 4.79 Å². The summed E-state index contributed by atoms with van der Waals surface area (Å²) in [5.74, 6) is -2.73. The van der Waals surface area contributed by atoms with E-state index in [1.54, 1.807) is 13.0 Å². The summed E-state index contributed by atoms with van der Waals surface area (Å²) in [5.41, 5.74) is 0.410. The van der Waals surface area contributed by atoms with Crippen molar-refractivity contribution in [3.63, 3.8) is 0 Å². The summed E-state index contributed by atoms with van der Waals surface area (Å²) >= 11 is 6.06. The fourth-order valence-corrected chi connectivity index (χ4v) is 4.66. The molecule has 2 N–H and O–H groups in total. The number of likely N-dealkylation sites (tertiary alicyclic amines) is 1. The number of amides is 3. The highest BCUT2D eigenvalue weighted by Gasteiger charge is 2.54.